The fraction of sp³-hybridized carbons (Fsp3) is 0. The molecule has 19 heavy (non-hydrogen) atoms. The second-order valence-electron chi connectivity index (χ2n) is 3.64. The van der Waals surface area contributed by atoms with Crippen LogP contribution in [0.1, 0.15) is 0 Å². The van der Waals surface area contributed by atoms with Crippen molar-refractivity contribution < 1.29 is 0 Å². The fourth-order valence-electron chi connectivity index (χ4n) is 1.44. The van der Waals surface area contributed by atoms with Gasteiger partial charge in [0.25, 0.3) is 0 Å². The summed E-state index contributed by atoms with van der Waals surface area (Å²) >= 11 is 2.94. The Morgan fingerprint density at radius 1 is 0.789 bits per heavy atom. The molecule has 0 aliphatic carbocycles. The number of rotatable bonds is 4. The lowest BCUT2D eigenvalue weighted by molar-refractivity contribution is 0.815. The molecule has 6 heteroatoms. The molecule has 1 aromatic heterocycles. The molecule has 0 fully saturated rings. The first-order valence-corrected chi connectivity index (χ1v) is 7.25. The Hall–Kier alpha value is -1.79. The molecule has 2 aromatic carbocycles. The van der Waals surface area contributed by atoms with E-state index in [1.54, 1.807) is 0 Å². The summed E-state index contributed by atoms with van der Waals surface area (Å²) in [6, 6.07) is 20.0. The molecule has 0 saturated heterocycles. The summed E-state index contributed by atoms with van der Waals surface area (Å²) < 4.78 is 1.53. The van der Waals surface area contributed by atoms with Crippen molar-refractivity contribution in [1.29, 1.82) is 0 Å². The molecule has 4 nitrogen and oxygen atoms in total. The molecular weight excluding hydrogens is 276 g/mol. The van der Waals surface area contributed by atoms with E-state index in [2.05, 4.69) is 15.4 Å². The summed E-state index contributed by atoms with van der Waals surface area (Å²) in [6.45, 7) is 0. The minimum absolute atomic E-state index is 0.648. The molecule has 0 atom stereocenters. The third-order valence-corrected chi connectivity index (χ3v) is 3.92. The van der Waals surface area contributed by atoms with Gasteiger partial charge in [0.05, 0.1) is 0 Å². The SMILES string of the molecule is c1ccc(Sc2nnn(Sc3ccccc3)n2)cc1. The zero-order valence-corrected chi connectivity index (χ0v) is 11.5. The van der Waals surface area contributed by atoms with Crippen molar-refractivity contribution in [2.75, 3.05) is 0 Å². The van der Waals surface area contributed by atoms with Crippen LogP contribution in [0.4, 0.5) is 0 Å². The van der Waals surface area contributed by atoms with Crippen LogP contribution in [0.5, 0.6) is 0 Å². The lowest BCUT2D eigenvalue weighted by Crippen LogP contribution is -1.91. The molecule has 1 heterocycles. The van der Waals surface area contributed by atoms with Crippen molar-refractivity contribution >= 4 is 23.7 Å². The number of hydrogen-bond donors (Lipinski definition) is 0. The predicted octanol–water partition coefficient (Wildman–Crippen LogP) is 3.38. The van der Waals surface area contributed by atoms with Crippen LogP contribution in [0, 0.1) is 0 Å². The van der Waals surface area contributed by atoms with Gasteiger partial charge in [0.15, 0.2) is 0 Å². The summed E-state index contributed by atoms with van der Waals surface area (Å²) in [7, 11) is 0. The highest BCUT2D eigenvalue weighted by molar-refractivity contribution is 7.99. The summed E-state index contributed by atoms with van der Waals surface area (Å²) in [5, 5.41) is 13.0. The molecule has 3 aromatic rings. The van der Waals surface area contributed by atoms with Gasteiger partial charge in [-0.05, 0) is 41.2 Å². The highest BCUT2D eigenvalue weighted by Crippen LogP contribution is 2.24. The highest BCUT2D eigenvalue weighted by atomic mass is 32.2. The lowest BCUT2D eigenvalue weighted by atomic mass is 10.4. The van der Waals surface area contributed by atoms with Gasteiger partial charge in [-0.2, -0.15) is 0 Å². The summed E-state index contributed by atoms with van der Waals surface area (Å²) in [6.07, 6.45) is 0. The Balaban J connectivity index is 1.70. The molecule has 0 aliphatic rings. The molecule has 0 saturated carbocycles. The van der Waals surface area contributed by atoms with E-state index in [1.807, 2.05) is 60.7 Å². The van der Waals surface area contributed by atoms with Gasteiger partial charge >= 0.3 is 0 Å². The molecule has 0 amide bonds. The first-order valence-electron chi connectivity index (χ1n) is 5.66. The molecular formula is C13H10N4S2. The van der Waals surface area contributed by atoms with Crippen molar-refractivity contribution in [2.45, 2.75) is 14.9 Å². The Bertz CT molecular complexity index is 584. The van der Waals surface area contributed by atoms with Crippen molar-refractivity contribution in [3.63, 3.8) is 0 Å². The van der Waals surface area contributed by atoms with Crippen LogP contribution >= 0.6 is 23.7 Å². The minimum atomic E-state index is 0.648. The summed E-state index contributed by atoms with van der Waals surface area (Å²) in [5.74, 6) is 0. The van der Waals surface area contributed by atoms with Gasteiger partial charge in [-0.25, -0.2) is 0 Å². The summed E-state index contributed by atoms with van der Waals surface area (Å²) in [5.41, 5.74) is 0. The van der Waals surface area contributed by atoms with E-state index in [0.29, 0.717) is 5.16 Å². The van der Waals surface area contributed by atoms with E-state index in [0.717, 1.165) is 9.79 Å². The lowest BCUT2D eigenvalue weighted by Gasteiger charge is -1.96. The number of hydrogen-bond acceptors (Lipinski definition) is 5. The third-order valence-electron chi connectivity index (χ3n) is 2.26. The zero-order valence-electron chi connectivity index (χ0n) is 9.88. The molecule has 0 N–H and O–H groups in total. The van der Waals surface area contributed by atoms with Gasteiger partial charge in [0, 0.05) is 21.7 Å². The van der Waals surface area contributed by atoms with Crippen LogP contribution in [-0.4, -0.2) is 19.6 Å². The van der Waals surface area contributed by atoms with E-state index in [9.17, 15) is 0 Å². The minimum Gasteiger partial charge on any atom is -0.112 e. The maximum absolute atomic E-state index is 4.32. The highest BCUT2D eigenvalue weighted by Gasteiger charge is 2.05. The molecule has 0 bridgehead atoms. The number of benzene rings is 2. The van der Waals surface area contributed by atoms with E-state index in [1.165, 1.54) is 27.9 Å². The van der Waals surface area contributed by atoms with Crippen LogP contribution in [0.3, 0.4) is 0 Å². The average molecular weight is 286 g/mol. The van der Waals surface area contributed by atoms with Crippen LogP contribution in [0.15, 0.2) is 75.6 Å². The Labute approximate surface area is 119 Å². The predicted molar refractivity (Wildman–Crippen MR) is 76.1 cm³/mol. The van der Waals surface area contributed by atoms with Gasteiger partial charge in [-0.3, -0.25) is 0 Å². The van der Waals surface area contributed by atoms with E-state index >= 15 is 0 Å². The second kappa shape index (κ2) is 5.90. The van der Waals surface area contributed by atoms with Crippen LogP contribution in [-0.2, 0) is 0 Å². The van der Waals surface area contributed by atoms with Gasteiger partial charge in [-0.15, -0.1) is 10.2 Å². The third kappa shape index (κ3) is 3.36. The fourth-order valence-corrected chi connectivity index (χ4v) is 2.85. The van der Waals surface area contributed by atoms with Crippen LogP contribution in [0.25, 0.3) is 0 Å². The Morgan fingerprint density at radius 3 is 2.11 bits per heavy atom. The zero-order chi connectivity index (χ0) is 12.9. The smallest absolute Gasteiger partial charge is 0.112 e. The van der Waals surface area contributed by atoms with Gasteiger partial charge in [0.2, 0.25) is 5.16 Å². The maximum atomic E-state index is 4.32. The standard InChI is InChI=1S/C13H10N4S2/c1-3-7-11(8-4-1)18-13-14-16-17(15-13)19-12-9-5-2-6-10-12/h1-10H. The monoisotopic (exact) mass is 286 g/mol. The molecule has 3 rings (SSSR count). The summed E-state index contributed by atoms with van der Waals surface area (Å²) in [4.78, 5) is 2.18. The van der Waals surface area contributed by atoms with Crippen molar-refractivity contribution in [1.82, 2.24) is 19.6 Å². The normalized spacial score (nSPS) is 10.5. The van der Waals surface area contributed by atoms with E-state index in [-0.39, 0.29) is 0 Å². The number of aromatic nitrogens is 4. The molecule has 0 aliphatic heterocycles. The maximum Gasteiger partial charge on any atom is 0.237 e. The first kappa shape index (κ1) is 12.3. The van der Waals surface area contributed by atoms with Crippen molar-refractivity contribution in [3.8, 4) is 0 Å². The number of nitrogens with zero attached hydrogens (tertiary/aromatic N) is 4. The molecule has 0 spiro atoms. The van der Waals surface area contributed by atoms with Gasteiger partial charge in [0.1, 0.15) is 0 Å². The van der Waals surface area contributed by atoms with Crippen LogP contribution < -0.4 is 0 Å². The quantitative estimate of drug-likeness (QED) is 0.735. The van der Waals surface area contributed by atoms with E-state index < -0.39 is 0 Å². The topological polar surface area (TPSA) is 43.6 Å². The first-order chi connectivity index (χ1) is 9.40. The van der Waals surface area contributed by atoms with Crippen molar-refractivity contribution in [2.24, 2.45) is 0 Å². The second-order valence-corrected chi connectivity index (χ2v) is 5.67. The Morgan fingerprint density at radius 2 is 1.42 bits per heavy atom. The number of tetrazole rings is 1. The molecule has 0 radical (unpaired) electrons. The molecule has 94 valence electrons. The Kier molecular flexibility index (Phi) is 3.81. The average Bonchev–Trinajstić information content (AvgIpc) is 2.88. The van der Waals surface area contributed by atoms with Gasteiger partial charge < -0.3 is 0 Å². The largest absolute Gasteiger partial charge is 0.237 e. The van der Waals surface area contributed by atoms with Crippen LogP contribution in [0.2, 0.25) is 0 Å². The van der Waals surface area contributed by atoms with Gasteiger partial charge in [-0.1, -0.05) is 40.6 Å². The van der Waals surface area contributed by atoms with Crippen molar-refractivity contribution in [3.05, 3.63) is 60.7 Å². The van der Waals surface area contributed by atoms with E-state index in [4.69, 9.17) is 0 Å². The molecule has 0 unspecified atom stereocenters.